The van der Waals surface area contributed by atoms with Gasteiger partial charge in [-0.05, 0) is 11.6 Å². The average Bonchev–Trinajstić information content (AvgIpc) is 2.68. The molecule has 4 heteroatoms. The number of aldehydes is 1. The third-order valence-electron chi connectivity index (χ3n) is 2.54. The van der Waals surface area contributed by atoms with Crippen LogP contribution in [0.25, 0.3) is 6.08 Å². The number of carbonyl (C=O) groups excluding carboxylic acids is 3. The highest BCUT2D eigenvalue weighted by atomic mass is 16.2. The van der Waals surface area contributed by atoms with E-state index in [0.29, 0.717) is 6.29 Å². The minimum Gasteiger partial charge on any atom is -0.296 e. The molecule has 17 heavy (non-hydrogen) atoms. The fourth-order valence-corrected chi connectivity index (χ4v) is 1.74. The summed E-state index contributed by atoms with van der Waals surface area (Å²) < 4.78 is 0. The summed E-state index contributed by atoms with van der Waals surface area (Å²) in [5.41, 5.74) is 0.880. The summed E-state index contributed by atoms with van der Waals surface area (Å²) in [6, 6.07) is 9.09. The fraction of sp³-hybridized carbons (Fsp3) is 0.154. The highest BCUT2D eigenvalue weighted by Gasteiger charge is 2.31. The van der Waals surface area contributed by atoms with E-state index >= 15 is 0 Å². The van der Waals surface area contributed by atoms with E-state index in [4.69, 9.17) is 0 Å². The van der Waals surface area contributed by atoms with Gasteiger partial charge >= 0.3 is 0 Å². The summed E-state index contributed by atoms with van der Waals surface area (Å²) in [7, 11) is 0. The second kappa shape index (κ2) is 4.74. The average molecular weight is 229 g/mol. The predicted molar refractivity (Wildman–Crippen MR) is 61.6 cm³/mol. The van der Waals surface area contributed by atoms with Crippen LogP contribution < -0.4 is 0 Å². The zero-order valence-corrected chi connectivity index (χ0v) is 9.13. The van der Waals surface area contributed by atoms with E-state index in [1.807, 2.05) is 18.2 Å². The number of nitrogens with zero attached hydrogens (tertiary/aromatic N) is 1. The molecule has 0 bridgehead atoms. The van der Waals surface area contributed by atoms with Crippen LogP contribution in [0.5, 0.6) is 0 Å². The van der Waals surface area contributed by atoms with Gasteiger partial charge in [-0.25, -0.2) is 4.90 Å². The van der Waals surface area contributed by atoms with Crippen LogP contribution in [0.2, 0.25) is 0 Å². The van der Waals surface area contributed by atoms with Crippen molar-refractivity contribution in [2.45, 2.75) is 12.8 Å². The molecule has 1 aliphatic rings. The van der Waals surface area contributed by atoms with Crippen LogP contribution >= 0.6 is 0 Å². The monoisotopic (exact) mass is 229 g/mol. The first-order chi connectivity index (χ1) is 8.22. The highest BCUT2D eigenvalue weighted by molar-refractivity contribution is 6.08. The van der Waals surface area contributed by atoms with E-state index in [1.54, 1.807) is 12.1 Å². The molecule has 0 spiro atoms. The molecule has 1 aromatic rings. The molecular weight excluding hydrogens is 218 g/mol. The van der Waals surface area contributed by atoms with Gasteiger partial charge in [-0.3, -0.25) is 14.4 Å². The van der Waals surface area contributed by atoms with Crippen molar-refractivity contribution in [2.75, 3.05) is 0 Å². The van der Waals surface area contributed by atoms with Crippen LogP contribution in [0.4, 0.5) is 0 Å². The van der Waals surface area contributed by atoms with Crippen LogP contribution in [-0.4, -0.2) is 23.0 Å². The van der Waals surface area contributed by atoms with E-state index in [0.717, 1.165) is 10.5 Å². The lowest BCUT2D eigenvalue weighted by molar-refractivity contribution is -0.137. The van der Waals surface area contributed by atoms with E-state index in [-0.39, 0.29) is 30.4 Å². The Labute approximate surface area is 98.5 Å². The Morgan fingerprint density at radius 3 is 2.18 bits per heavy atom. The zero-order valence-electron chi connectivity index (χ0n) is 9.13. The second-order valence-corrected chi connectivity index (χ2v) is 3.72. The molecule has 0 aliphatic carbocycles. The fourth-order valence-electron chi connectivity index (χ4n) is 1.74. The Hall–Kier alpha value is -2.23. The molecule has 1 aromatic carbocycles. The number of imide groups is 1. The smallest absolute Gasteiger partial charge is 0.234 e. The van der Waals surface area contributed by atoms with Gasteiger partial charge < -0.3 is 0 Å². The van der Waals surface area contributed by atoms with Crippen LogP contribution in [-0.2, 0) is 14.4 Å². The van der Waals surface area contributed by atoms with Crippen molar-refractivity contribution in [3.63, 3.8) is 0 Å². The van der Waals surface area contributed by atoms with Gasteiger partial charge in [0.05, 0.1) is 5.70 Å². The van der Waals surface area contributed by atoms with Gasteiger partial charge in [-0.1, -0.05) is 30.3 Å². The number of benzene rings is 1. The van der Waals surface area contributed by atoms with Crippen molar-refractivity contribution < 1.29 is 14.4 Å². The molecular formula is C13H11NO3. The zero-order chi connectivity index (χ0) is 12.3. The Kier molecular flexibility index (Phi) is 3.14. The molecule has 1 heterocycles. The van der Waals surface area contributed by atoms with E-state index in [2.05, 4.69) is 0 Å². The molecule has 0 saturated carbocycles. The molecule has 1 aliphatic heterocycles. The van der Waals surface area contributed by atoms with Crippen LogP contribution in [0.3, 0.4) is 0 Å². The maximum Gasteiger partial charge on any atom is 0.234 e. The van der Waals surface area contributed by atoms with Crippen molar-refractivity contribution in [3.8, 4) is 0 Å². The summed E-state index contributed by atoms with van der Waals surface area (Å²) in [6.45, 7) is 0. The number of amides is 2. The predicted octanol–water partition coefficient (Wildman–Crippen LogP) is 1.38. The van der Waals surface area contributed by atoms with Crippen molar-refractivity contribution in [1.29, 1.82) is 0 Å². The summed E-state index contributed by atoms with van der Waals surface area (Å²) in [6.07, 6.45) is 2.43. The number of hydrogen-bond donors (Lipinski definition) is 0. The van der Waals surface area contributed by atoms with Crippen molar-refractivity contribution in [2.24, 2.45) is 0 Å². The number of allylic oxidation sites excluding steroid dienone is 1. The first-order valence-corrected chi connectivity index (χ1v) is 5.30. The maximum atomic E-state index is 11.5. The Bertz CT molecular complexity index is 475. The molecule has 0 radical (unpaired) electrons. The molecule has 2 rings (SSSR count). The molecule has 1 fully saturated rings. The van der Waals surface area contributed by atoms with Crippen LogP contribution in [0.15, 0.2) is 36.0 Å². The Morgan fingerprint density at radius 2 is 1.65 bits per heavy atom. The summed E-state index contributed by atoms with van der Waals surface area (Å²) >= 11 is 0. The van der Waals surface area contributed by atoms with Gasteiger partial charge in [0.1, 0.15) is 0 Å². The van der Waals surface area contributed by atoms with Gasteiger partial charge in [0.25, 0.3) is 0 Å². The second-order valence-electron chi connectivity index (χ2n) is 3.72. The van der Waals surface area contributed by atoms with Gasteiger partial charge in [0.15, 0.2) is 6.29 Å². The van der Waals surface area contributed by atoms with Crippen LogP contribution in [0, 0.1) is 0 Å². The molecule has 86 valence electrons. The van der Waals surface area contributed by atoms with Crippen molar-refractivity contribution in [1.82, 2.24) is 4.90 Å². The summed E-state index contributed by atoms with van der Waals surface area (Å²) in [4.78, 5) is 34.9. The first-order valence-electron chi connectivity index (χ1n) is 5.30. The van der Waals surface area contributed by atoms with Crippen molar-refractivity contribution in [3.05, 3.63) is 41.6 Å². The molecule has 0 N–H and O–H groups in total. The first kappa shape index (κ1) is 11.3. The van der Waals surface area contributed by atoms with Crippen molar-refractivity contribution >= 4 is 24.2 Å². The van der Waals surface area contributed by atoms with Gasteiger partial charge in [0, 0.05) is 12.8 Å². The lowest BCUT2D eigenvalue weighted by Crippen LogP contribution is -2.28. The van der Waals surface area contributed by atoms with Gasteiger partial charge in [-0.15, -0.1) is 0 Å². The van der Waals surface area contributed by atoms with Gasteiger partial charge in [0.2, 0.25) is 11.8 Å². The Balaban J connectivity index is 2.34. The topological polar surface area (TPSA) is 54.5 Å². The van der Waals surface area contributed by atoms with E-state index in [9.17, 15) is 14.4 Å². The number of carbonyl (C=O) groups is 3. The third kappa shape index (κ3) is 2.30. The number of rotatable bonds is 3. The molecule has 4 nitrogen and oxygen atoms in total. The normalized spacial score (nSPS) is 16.5. The lowest BCUT2D eigenvalue weighted by Gasteiger charge is -2.12. The molecule has 2 amide bonds. The standard InChI is InChI=1S/C13H11NO3/c15-9-11(8-10-4-2-1-3-5-10)14-12(16)6-7-13(14)17/h1-5,8-9H,6-7H2/b11-8-. The van der Waals surface area contributed by atoms with Crippen LogP contribution in [0.1, 0.15) is 18.4 Å². The molecule has 1 saturated heterocycles. The third-order valence-corrected chi connectivity index (χ3v) is 2.54. The maximum absolute atomic E-state index is 11.5. The van der Waals surface area contributed by atoms with E-state index < -0.39 is 0 Å². The molecule has 0 aromatic heterocycles. The number of likely N-dealkylation sites (tertiary alicyclic amines) is 1. The molecule has 0 unspecified atom stereocenters. The van der Waals surface area contributed by atoms with E-state index in [1.165, 1.54) is 6.08 Å². The lowest BCUT2D eigenvalue weighted by atomic mass is 10.2. The minimum atomic E-state index is -0.315. The minimum absolute atomic E-state index is 0.101. The number of hydrogen-bond acceptors (Lipinski definition) is 3. The Morgan fingerprint density at radius 1 is 1.06 bits per heavy atom. The summed E-state index contributed by atoms with van der Waals surface area (Å²) in [5.74, 6) is -0.631. The largest absolute Gasteiger partial charge is 0.296 e. The summed E-state index contributed by atoms with van der Waals surface area (Å²) in [5, 5.41) is 0. The SMILES string of the molecule is O=C/C(=C/c1ccccc1)N1C(=O)CCC1=O. The highest BCUT2D eigenvalue weighted by Crippen LogP contribution is 2.18. The quantitative estimate of drug-likeness (QED) is 0.447. The van der Waals surface area contributed by atoms with Gasteiger partial charge in [-0.2, -0.15) is 0 Å². The molecule has 0 atom stereocenters.